The summed E-state index contributed by atoms with van der Waals surface area (Å²) in [6, 6.07) is 9.96. The van der Waals surface area contributed by atoms with E-state index in [0.29, 0.717) is 11.4 Å². The number of nitrogens with one attached hydrogen (secondary N) is 2. The summed E-state index contributed by atoms with van der Waals surface area (Å²) >= 11 is 0. The Bertz CT molecular complexity index is 716. The Morgan fingerprint density at radius 3 is 2.58 bits per heavy atom. The topological polar surface area (TPSA) is 101 Å². The van der Waals surface area contributed by atoms with Crippen LogP contribution in [0, 0.1) is 0 Å². The van der Waals surface area contributed by atoms with Crippen LogP contribution in [0.2, 0.25) is 0 Å². The van der Waals surface area contributed by atoms with Crippen LogP contribution in [0.25, 0.3) is 0 Å². The minimum atomic E-state index is -0.983. The van der Waals surface area contributed by atoms with Crippen LogP contribution in [0.5, 0.6) is 5.75 Å². The van der Waals surface area contributed by atoms with Crippen molar-refractivity contribution in [3.05, 3.63) is 53.9 Å². The Morgan fingerprint density at radius 1 is 1.25 bits per heavy atom. The number of aromatic carboxylic acids is 1. The zero-order valence-corrected chi connectivity index (χ0v) is 13.4. The molecule has 0 radical (unpaired) electrons. The van der Waals surface area contributed by atoms with Gasteiger partial charge in [-0.15, -0.1) is 0 Å². The monoisotopic (exact) mass is 329 g/mol. The molecule has 1 amide bonds. The van der Waals surface area contributed by atoms with Gasteiger partial charge in [0.15, 0.2) is 6.61 Å². The number of hydrogen-bond donors (Lipinski definition) is 3. The van der Waals surface area contributed by atoms with Crippen molar-refractivity contribution in [1.82, 2.24) is 10.3 Å². The lowest BCUT2D eigenvalue weighted by Gasteiger charge is -2.15. The van der Waals surface area contributed by atoms with E-state index in [0.717, 1.165) is 5.69 Å². The number of carbonyl (C=O) groups excluding carboxylic acids is 1. The second-order valence-electron chi connectivity index (χ2n) is 5.13. The van der Waals surface area contributed by atoms with E-state index in [2.05, 4.69) is 15.6 Å². The maximum atomic E-state index is 11.1. The Hall–Kier alpha value is -3.09. The second-order valence-corrected chi connectivity index (χ2v) is 5.13. The molecule has 3 N–H and O–H groups in total. The molecule has 1 heterocycles. The number of likely N-dealkylation sites (N-methyl/N-ethyl adjacent to an activating group) is 1. The first-order valence-corrected chi connectivity index (χ1v) is 7.39. The zero-order valence-electron chi connectivity index (χ0n) is 13.4. The SMILES string of the molecule is CNC(=O)COc1ccc(NC(C)c2cc(C(=O)O)ccn2)cc1. The normalized spacial score (nSPS) is 11.4. The van der Waals surface area contributed by atoms with Gasteiger partial charge in [-0.1, -0.05) is 0 Å². The van der Waals surface area contributed by atoms with Gasteiger partial charge in [0.05, 0.1) is 17.3 Å². The van der Waals surface area contributed by atoms with Gasteiger partial charge in [-0.05, 0) is 43.3 Å². The van der Waals surface area contributed by atoms with Gasteiger partial charge in [-0.25, -0.2) is 4.79 Å². The van der Waals surface area contributed by atoms with E-state index in [1.807, 2.05) is 19.1 Å². The van der Waals surface area contributed by atoms with Crippen LogP contribution in [-0.2, 0) is 4.79 Å². The van der Waals surface area contributed by atoms with E-state index < -0.39 is 5.97 Å². The summed E-state index contributed by atoms with van der Waals surface area (Å²) in [6.07, 6.45) is 1.48. The number of nitrogens with zero attached hydrogens (tertiary/aromatic N) is 1. The standard InChI is InChI=1S/C17H19N3O4/c1-11(15-9-12(17(22)23)7-8-19-15)20-13-3-5-14(6-4-13)24-10-16(21)18-2/h3-9,11,20H,10H2,1-2H3,(H,18,21)(H,22,23). The molecule has 0 aliphatic heterocycles. The molecule has 0 spiro atoms. The molecule has 0 aliphatic carbocycles. The number of carboxylic acid groups (broad SMARTS) is 1. The van der Waals surface area contributed by atoms with E-state index in [-0.39, 0.29) is 24.1 Å². The van der Waals surface area contributed by atoms with Crippen LogP contribution < -0.4 is 15.4 Å². The van der Waals surface area contributed by atoms with Crippen LogP contribution in [0.4, 0.5) is 5.69 Å². The first-order valence-electron chi connectivity index (χ1n) is 7.39. The van der Waals surface area contributed by atoms with Crippen molar-refractivity contribution in [3.63, 3.8) is 0 Å². The molecule has 0 bridgehead atoms. The summed E-state index contributed by atoms with van der Waals surface area (Å²) in [7, 11) is 1.55. The molecule has 7 nitrogen and oxygen atoms in total. The van der Waals surface area contributed by atoms with E-state index >= 15 is 0 Å². The lowest BCUT2D eigenvalue weighted by atomic mass is 10.1. The smallest absolute Gasteiger partial charge is 0.335 e. The number of hydrogen-bond acceptors (Lipinski definition) is 5. The maximum absolute atomic E-state index is 11.1. The Morgan fingerprint density at radius 2 is 1.96 bits per heavy atom. The summed E-state index contributed by atoms with van der Waals surface area (Å²) in [5.41, 5.74) is 1.67. The highest BCUT2D eigenvalue weighted by Gasteiger charge is 2.10. The summed E-state index contributed by atoms with van der Waals surface area (Å²) in [5.74, 6) is -0.596. The lowest BCUT2D eigenvalue weighted by molar-refractivity contribution is -0.122. The fourth-order valence-electron chi connectivity index (χ4n) is 2.01. The molecule has 24 heavy (non-hydrogen) atoms. The predicted octanol–water partition coefficient (Wildman–Crippen LogP) is 2.08. The largest absolute Gasteiger partial charge is 0.484 e. The number of anilines is 1. The van der Waals surface area contributed by atoms with E-state index in [1.54, 1.807) is 25.2 Å². The van der Waals surface area contributed by atoms with Crippen molar-refractivity contribution in [2.24, 2.45) is 0 Å². The number of amides is 1. The zero-order chi connectivity index (χ0) is 17.5. The molecule has 0 aliphatic rings. The van der Waals surface area contributed by atoms with Crippen LogP contribution in [0.15, 0.2) is 42.6 Å². The fraction of sp³-hybridized carbons (Fsp3) is 0.235. The summed E-state index contributed by atoms with van der Waals surface area (Å²) in [5, 5.41) is 14.7. The van der Waals surface area contributed by atoms with Crippen molar-refractivity contribution in [2.45, 2.75) is 13.0 Å². The highest BCUT2D eigenvalue weighted by Crippen LogP contribution is 2.21. The van der Waals surface area contributed by atoms with Crippen LogP contribution in [0.1, 0.15) is 29.0 Å². The van der Waals surface area contributed by atoms with Gasteiger partial charge in [0.2, 0.25) is 0 Å². The van der Waals surface area contributed by atoms with Crippen molar-refractivity contribution >= 4 is 17.6 Å². The van der Waals surface area contributed by atoms with Gasteiger partial charge in [-0.2, -0.15) is 0 Å². The number of rotatable bonds is 7. The average Bonchev–Trinajstić information content (AvgIpc) is 2.60. The van der Waals surface area contributed by atoms with Crippen LogP contribution in [0.3, 0.4) is 0 Å². The third-order valence-corrected chi connectivity index (χ3v) is 3.36. The van der Waals surface area contributed by atoms with Gasteiger partial charge >= 0.3 is 5.97 Å². The van der Waals surface area contributed by atoms with Crippen LogP contribution >= 0.6 is 0 Å². The number of ether oxygens (including phenoxy) is 1. The first kappa shape index (κ1) is 17.3. The quantitative estimate of drug-likeness (QED) is 0.719. The Balaban J connectivity index is 1.99. The molecule has 1 aromatic heterocycles. The molecular weight excluding hydrogens is 310 g/mol. The minimum Gasteiger partial charge on any atom is -0.484 e. The fourth-order valence-corrected chi connectivity index (χ4v) is 2.01. The summed E-state index contributed by atoms with van der Waals surface area (Å²) in [4.78, 5) is 26.3. The Labute approximate surface area is 139 Å². The van der Waals surface area contributed by atoms with Gasteiger partial charge in [0.25, 0.3) is 5.91 Å². The average molecular weight is 329 g/mol. The molecule has 0 saturated carbocycles. The highest BCUT2D eigenvalue weighted by atomic mass is 16.5. The number of aromatic nitrogens is 1. The number of benzene rings is 1. The molecule has 1 unspecified atom stereocenters. The van der Waals surface area contributed by atoms with Crippen molar-refractivity contribution in [1.29, 1.82) is 0 Å². The first-order chi connectivity index (χ1) is 11.5. The summed E-state index contributed by atoms with van der Waals surface area (Å²) in [6.45, 7) is 1.86. The molecule has 2 rings (SSSR count). The van der Waals surface area contributed by atoms with Gasteiger partial charge < -0.3 is 20.5 Å². The van der Waals surface area contributed by atoms with Crippen molar-refractivity contribution in [2.75, 3.05) is 19.0 Å². The minimum absolute atomic E-state index is 0.0361. The van der Waals surface area contributed by atoms with Crippen molar-refractivity contribution < 1.29 is 19.4 Å². The number of carbonyl (C=O) groups is 2. The van der Waals surface area contributed by atoms with Crippen LogP contribution in [-0.4, -0.2) is 35.6 Å². The van der Waals surface area contributed by atoms with Gasteiger partial charge in [0, 0.05) is 18.9 Å². The predicted molar refractivity (Wildman–Crippen MR) is 89.2 cm³/mol. The van der Waals surface area contributed by atoms with Gasteiger partial charge in [-0.3, -0.25) is 9.78 Å². The number of carboxylic acids is 1. The molecule has 0 saturated heterocycles. The highest BCUT2D eigenvalue weighted by molar-refractivity contribution is 5.87. The van der Waals surface area contributed by atoms with Gasteiger partial charge in [0.1, 0.15) is 5.75 Å². The summed E-state index contributed by atoms with van der Waals surface area (Å²) < 4.78 is 5.33. The second kappa shape index (κ2) is 7.96. The van der Waals surface area contributed by atoms with E-state index in [9.17, 15) is 9.59 Å². The lowest BCUT2D eigenvalue weighted by Crippen LogP contribution is -2.24. The molecule has 1 atom stereocenters. The molecule has 7 heteroatoms. The third kappa shape index (κ3) is 4.70. The maximum Gasteiger partial charge on any atom is 0.335 e. The molecule has 2 aromatic rings. The number of pyridine rings is 1. The molecule has 126 valence electrons. The van der Waals surface area contributed by atoms with E-state index in [4.69, 9.17) is 9.84 Å². The third-order valence-electron chi connectivity index (χ3n) is 3.36. The van der Waals surface area contributed by atoms with E-state index in [1.165, 1.54) is 12.3 Å². The molecule has 1 aromatic carbocycles. The molecule has 0 fully saturated rings. The Kier molecular flexibility index (Phi) is 5.73. The van der Waals surface area contributed by atoms with Crippen molar-refractivity contribution in [3.8, 4) is 5.75 Å². The molecular formula is C17H19N3O4.